The van der Waals surface area contributed by atoms with Crippen molar-refractivity contribution in [3.63, 3.8) is 0 Å². The monoisotopic (exact) mass is 372 g/mol. The number of rotatable bonds is 17. The van der Waals surface area contributed by atoms with Crippen molar-refractivity contribution < 1.29 is 24.9 Å². The Morgan fingerprint density at radius 3 is 2.27 bits per heavy atom. The molecule has 0 aromatic heterocycles. The number of carbonyl (C=O) groups is 2. The molecule has 0 aliphatic rings. The summed E-state index contributed by atoms with van der Waals surface area (Å²) in [5.74, 6) is -1.34. The molecule has 4 N–H and O–H groups in total. The van der Waals surface area contributed by atoms with Gasteiger partial charge in [0.15, 0.2) is 0 Å². The van der Waals surface area contributed by atoms with E-state index in [0.717, 1.165) is 12.8 Å². The number of carboxylic acids is 1. The molecule has 0 fully saturated rings. The van der Waals surface area contributed by atoms with Gasteiger partial charge in [0, 0.05) is 13.1 Å². The van der Waals surface area contributed by atoms with Crippen LogP contribution in [0.3, 0.4) is 0 Å². The van der Waals surface area contributed by atoms with Gasteiger partial charge in [-0.05, 0) is 18.9 Å². The molecule has 1 unspecified atom stereocenters. The second-order valence-corrected chi connectivity index (χ2v) is 6.48. The fourth-order valence-electron chi connectivity index (χ4n) is 2.59. The van der Waals surface area contributed by atoms with Crippen LogP contribution in [-0.4, -0.2) is 64.6 Å². The second-order valence-electron chi connectivity index (χ2n) is 6.48. The summed E-state index contributed by atoms with van der Waals surface area (Å²) in [6, 6.07) is 0. The summed E-state index contributed by atoms with van der Waals surface area (Å²) in [5, 5.41) is 29.8. The highest BCUT2D eigenvalue weighted by atomic mass is 16.4. The molecule has 1 amide bonds. The van der Waals surface area contributed by atoms with Gasteiger partial charge >= 0.3 is 5.97 Å². The first-order valence-corrected chi connectivity index (χ1v) is 9.70. The molecule has 1 atom stereocenters. The molecule has 0 aromatic carbocycles. The lowest BCUT2D eigenvalue weighted by Gasteiger charge is -2.24. The van der Waals surface area contributed by atoms with E-state index in [-0.39, 0.29) is 19.0 Å². The van der Waals surface area contributed by atoms with E-state index < -0.39 is 25.3 Å². The normalized spacial score (nSPS) is 12.6. The quantitative estimate of drug-likeness (QED) is 0.176. The number of unbranched alkanes of at least 4 members (excludes halogenated alkanes) is 8. The first kappa shape index (κ1) is 24.6. The zero-order chi connectivity index (χ0) is 19.6. The van der Waals surface area contributed by atoms with Gasteiger partial charge < -0.3 is 20.6 Å². The van der Waals surface area contributed by atoms with Crippen molar-refractivity contribution in [3.8, 4) is 0 Å². The third-order valence-electron chi connectivity index (χ3n) is 4.11. The molecule has 0 radical (unpaired) electrons. The van der Waals surface area contributed by atoms with Crippen LogP contribution in [-0.2, 0) is 9.59 Å². The lowest BCUT2D eigenvalue weighted by Crippen LogP contribution is -2.45. The smallest absolute Gasteiger partial charge is 0.317 e. The third-order valence-corrected chi connectivity index (χ3v) is 4.11. The van der Waals surface area contributed by atoms with E-state index in [1.807, 2.05) is 6.08 Å². The van der Waals surface area contributed by atoms with Crippen molar-refractivity contribution >= 4 is 11.9 Å². The standard InChI is InChI=1S/C19H36N2O5/c1-2-3-4-5-6-7-8-9-10-11-12-17(23)20-13-14-21(15-19(25)26)18(24)16-22/h11-12,18,22,24H,2-10,13-16H2,1H3,(H,20,23)(H,25,26)/b12-11+. The predicted octanol–water partition coefficient (Wildman–Crippen LogP) is 1.89. The summed E-state index contributed by atoms with van der Waals surface area (Å²) in [5.41, 5.74) is 0. The van der Waals surface area contributed by atoms with E-state index in [2.05, 4.69) is 12.2 Å². The molecule has 0 heterocycles. The largest absolute Gasteiger partial charge is 0.480 e. The number of aliphatic hydroxyl groups excluding tert-OH is 2. The van der Waals surface area contributed by atoms with Gasteiger partial charge in [0.25, 0.3) is 0 Å². The maximum Gasteiger partial charge on any atom is 0.317 e. The van der Waals surface area contributed by atoms with Gasteiger partial charge in [-0.2, -0.15) is 0 Å². The number of amides is 1. The van der Waals surface area contributed by atoms with Gasteiger partial charge in [-0.15, -0.1) is 0 Å². The minimum atomic E-state index is -1.25. The van der Waals surface area contributed by atoms with Gasteiger partial charge in [0.1, 0.15) is 6.23 Å². The van der Waals surface area contributed by atoms with Gasteiger partial charge in [-0.3, -0.25) is 14.5 Å². The Morgan fingerprint density at radius 1 is 1.08 bits per heavy atom. The van der Waals surface area contributed by atoms with E-state index in [9.17, 15) is 14.7 Å². The molecular weight excluding hydrogens is 336 g/mol. The van der Waals surface area contributed by atoms with Crippen LogP contribution in [0.15, 0.2) is 12.2 Å². The van der Waals surface area contributed by atoms with Crippen molar-refractivity contribution in [1.29, 1.82) is 0 Å². The van der Waals surface area contributed by atoms with Crippen LogP contribution < -0.4 is 5.32 Å². The fourth-order valence-corrected chi connectivity index (χ4v) is 2.59. The Morgan fingerprint density at radius 2 is 1.69 bits per heavy atom. The third kappa shape index (κ3) is 14.9. The SMILES string of the molecule is CCCCCCCCCC/C=C/C(=O)NCCN(CC(=O)O)C(O)CO. The number of aliphatic hydroxyl groups is 2. The van der Waals surface area contributed by atoms with Gasteiger partial charge in [0.2, 0.25) is 5.91 Å². The summed E-state index contributed by atoms with van der Waals surface area (Å²) in [6.45, 7) is 1.61. The Labute approximate surface area is 157 Å². The molecule has 0 rings (SSSR count). The molecule has 26 heavy (non-hydrogen) atoms. The topological polar surface area (TPSA) is 110 Å². The lowest BCUT2D eigenvalue weighted by atomic mass is 10.1. The first-order chi connectivity index (χ1) is 12.5. The van der Waals surface area contributed by atoms with Crippen LogP contribution in [0.5, 0.6) is 0 Å². The van der Waals surface area contributed by atoms with Gasteiger partial charge in [-0.1, -0.05) is 57.9 Å². The Hall–Kier alpha value is -1.44. The number of nitrogens with zero attached hydrogens (tertiary/aromatic N) is 1. The van der Waals surface area contributed by atoms with Crippen molar-refractivity contribution in [1.82, 2.24) is 10.2 Å². The highest BCUT2D eigenvalue weighted by molar-refractivity contribution is 5.87. The first-order valence-electron chi connectivity index (χ1n) is 9.70. The van der Waals surface area contributed by atoms with Crippen LogP contribution in [0, 0.1) is 0 Å². The number of aliphatic carboxylic acids is 1. The number of allylic oxidation sites excluding steroid dienone is 1. The maximum absolute atomic E-state index is 11.7. The van der Waals surface area contributed by atoms with Crippen molar-refractivity contribution in [2.24, 2.45) is 0 Å². The van der Waals surface area contributed by atoms with Crippen LogP contribution in [0.25, 0.3) is 0 Å². The Kier molecular flexibility index (Phi) is 16.1. The molecule has 0 bridgehead atoms. The summed E-state index contributed by atoms with van der Waals surface area (Å²) < 4.78 is 0. The molecule has 0 aliphatic carbocycles. The highest BCUT2D eigenvalue weighted by Crippen LogP contribution is 2.09. The molecule has 7 nitrogen and oxygen atoms in total. The highest BCUT2D eigenvalue weighted by Gasteiger charge is 2.17. The Bertz CT molecular complexity index is 401. The molecule has 0 aromatic rings. The molecule has 7 heteroatoms. The van der Waals surface area contributed by atoms with Crippen LogP contribution >= 0.6 is 0 Å². The van der Waals surface area contributed by atoms with Crippen LogP contribution in [0.2, 0.25) is 0 Å². The maximum atomic E-state index is 11.7. The summed E-state index contributed by atoms with van der Waals surface area (Å²) in [4.78, 5) is 23.6. The minimum Gasteiger partial charge on any atom is -0.480 e. The van der Waals surface area contributed by atoms with Crippen molar-refractivity contribution in [2.75, 3.05) is 26.2 Å². The number of carbonyl (C=O) groups excluding carboxylic acids is 1. The van der Waals surface area contributed by atoms with Crippen molar-refractivity contribution in [3.05, 3.63) is 12.2 Å². The Balaban J connectivity index is 3.74. The average Bonchev–Trinajstić information content (AvgIpc) is 2.61. The zero-order valence-electron chi connectivity index (χ0n) is 16.0. The van der Waals surface area contributed by atoms with Crippen LogP contribution in [0.4, 0.5) is 0 Å². The molecule has 0 saturated heterocycles. The minimum absolute atomic E-state index is 0.144. The molecule has 0 saturated carbocycles. The van der Waals surface area contributed by atoms with E-state index in [1.165, 1.54) is 55.9 Å². The number of hydrogen-bond acceptors (Lipinski definition) is 5. The number of carboxylic acid groups (broad SMARTS) is 1. The van der Waals surface area contributed by atoms with Crippen LogP contribution in [0.1, 0.15) is 64.7 Å². The fraction of sp³-hybridized carbons (Fsp3) is 0.789. The van der Waals surface area contributed by atoms with E-state index >= 15 is 0 Å². The summed E-state index contributed by atoms with van der Waals surface area (Å²) in [7, 11) is 0. The molecule has 0 spiro atoms. The molecule has 0 aliphatic heterocycles. The van der Waals surface area contributed by atoms with Gasteiger partial charge in [-0.25, -0.2) is 0 Å². The predicted molar refractivity (Wildman–Crippen MR) is 102 cm³/mol. The summed E-state index contributed by atoms with van der Waals surface area (Å²) in [6.07, 6.45) is 13.0. The van der Waals surface area contributed by atoms with E-state index in [1.54, 1.807) is 0 Å². The molecule has 152 valence electrons. The van der Waals surface area contributed by atoms with Gasteiger partial charge in [0.05, 0.1) is 13.2 Å². The van der Waals surface area contributed by atoms with E-state index in [0.29, 0.717) is 0 Å². The number of hydrogen-bond donors (Lipinski definition) is 4. The average molecular weight is 373 g/mol. The lowest BCUT2D eigenvalue weighted by molar-refractivity contribution is -0.142. The molecular formula is C19H36N2O5. The zero-order valence-corrected chi connectivity index (χ0v) is 16.0. The van der Waals surface area contributed by atoms with E-state index in [4.69, 9.17) is 10.2 Å². The summed E-state index contributed by atoms with van der Waals surface area (Å²) >= 11 is 0. The second kappa shape index (κ2) is 17.0. The van der Waals surface area contributed by atoms with Crippen molar-refractivity contribution in [2.45, 2.75) is 70.9 Å². The number of nitrogens with one attached hydrogen (secondary N) is 1.